The van der Waals surface area contributed by atoms with E-state index in [1.165, 1.54) is 0 Å². The minimum atomic E-state index is 0.452. The average Bonchev–Trinajstić information content (AvgIpc) is 1.72. The molecule has 0 amide bonds. The van der Waals surface area contributed by atoms with Crippen LogP contribution in [0.15, 0.2) is 285 Å². The van der Waals surface area contributed by atoms with Crippen molar-refractivity contribution in [1.82, 2.24) is 43.6 Å². The second-order valence-electron chi connectivity index (χ2n) is 22.8. The molecular weight excluding hydrogens is 1090 g/mol. The molecule has 12 aromatic carbocycles. The molecule has 0 fully saturated rings. The van der Waals surface area contributed by atoms with Crippen LogP contribution >= 0.6 is 0 Å². The van der Waals surface area contributed by atoms with Crippen molar-refractivity contribution in [3.05, 3.63) is 296 Å². The number of fused-ring (bicyclic) bond motifs is 9. The first-order chi connectivity index (χ1) is 44.0. The Morgan fingerprint density at radius 3 is 1.00 bits per heavy atom. The van der Waals surface area contributed by atoms with Gasteiger partial charge in [-0.3, -0.25) is 0 Å². The summed E-state index contributed by atoms with van der Waals surface area (Å²) in [6, 6.07) is 101. The number of hydrogen-bond acceptors (Lipinski definition) is 6. The molecule has 0 unspecified atom stereocenters. The molecule has 0 saturated carbocycles. The summed E-state index contributed by atoms with van der Waals surface area (Å²) in [6.07, 6.45) is 0. The van der Waals surface area contributed by atoms with Crippen LogP contribution in [0.4, 0.5) is 0 Å². The van der Waals surface area contributed by atoms with Gasteiger partial charge in [-0.05, 0) is 85.6 Å². The van der Waals surface area contributed by atoms with E-state index < -0.39 is 0 Å². The van der Waals surface area contributed by atoms with Crippen LogP contribution in [0.1, 0.15) is 11.1 Å². The lowest BCUT2D eigenvalue weighted by molar-refractivity contribution is 1.03. The summed E-state index contributed by atoms with van der Waals surface area (Å²) < 4.78 is 7.33. The minimum Gasteiger partial charge on any atom is -0.308 e. The average molecular weight is 1140 g/mol. The highest BCUT2D eigenvalue weighted by Crippen LogP contribution is 2.50. The molecule has 0 aliphatic heterocycles. The Bertz CT molecular complexity index is 5500. The molecule has 0 atom stereocenters. The zero-order valence-electron chi connectivity index (χ0n) is 48.7. The van der Waals surface area contributed by atoms with Crippen LogP contribution in [0, 0.1) is 13.8 Å². The predicted octanol–water partition coefficient (Wildman–Crippen LogP) is 19.6. The Morgan fingerprint density at radius 2 is 0.551 bits per heavy atom. The first-order valence-corrected chi connectivity index (χ1v) is 30.0. The smallest absolute Gasteiger partial charge is 0.168 e. The van der Waals surface area contributed by atoms with Crippen LogP contribution in [-0.4, -0.2) is 43.6 Å². The van der Waals surface area contributed by atoms with E-state index in [-0.39, 0.29) is 0 Å². The Kier molecular flexibility index (Phi) is 12.1. The summed E-state index contributed by atoms with van der Waals surface area (Å²) >= 11 is 0. The fourth-order valence-electron chi connectivity index (χ4n) is 13.2. The molecule has 89 heavy (non-hydrogen) atoms. The van der Waals surface area contributed by atoms with E-state index in [4.69, 9.17) is 29.9 Å². The second-order valence-corrected chi connectivity index (χ2v) is 22.8. The van der Waals surface area contributed by atoms with Crippen molar-refractivity contribution in [2.24, 2.45) is 0 Å². The van der Waals surface area contributed by atoms with Crippen LogP contribution in [0.3, 0.4) is 0 Å². The van der Waals surface area contributed by atoms with Crippen LogP contribution in [-0.2, 0) is 0 Å². The third-order valence-electron chi connectivity index (χ3n) is 17.2. The third kappa shape index (κ3) is 8.61. The van der Waals surface area contributed by atoms with Gasteiger partial charge >= 0.3 is 0 Å². The number of aryl methyl sites for hydroxylation is 2. The molecule has 0 N–H and O–H groups in total. The lowest BCUT2D eigenvalue weighted by Gasteiger charge is -2.26. The predicted molar refractivity (Wildman–Crippen MR) is 364 cm³/mol. The second kappa shape index (κ2) is 20.9. The fourth-order valence-corrected chi connectivity index (χ4v) is 13.2. The molecule has 418 valence electrons. The maximum Gasteiger partial charge on any atom is 0.168 e. The lowest BCUT2D eigenvalue weighted by atomic mass is 9.98. The Balaban J connectivity index is 1.17. The Morgan fingerprint density at radius 1 is 0.225 bits per heavy atom. The normalized spacial score (nSPS) is 11.7. The van der Waals surface area contributed by atoms with Gasteiger partial charge in [0.15, 0.2) is 34.9 Å². The van der Waals surface area contributed by atoms with Crippen LogP contribution in [0.2, 0.25) is 0 Å². The summed E-state index contributed by atoms with van der Waals surface area (Å²) in [5, 5.41) is 6.62. The zero-order chi connectivity index (χ0) is 59.1. The highest BCUT2D eigenvalue weighted by molar-refractivity contribution is 6.16. The van der Waals surface area contributed by atoms with Crippen LogP contribution in [0.5, 0.6) is 0 Å². The van der Waals surface area contributed by atoms with Crippen molar-refractivity contribution in [3.63, 3.8) is 0 Å². The van der Waals surface area contributed by atoms with E-state index in [1.54, 1.807) is 0 Å². The molecule has 0 aliphatic rings. The van der Waals surface area contributed by atoms with E-state index in [0.29, 0.717) is 34.9 Å². The molecule has 9 nitrogen and oxygen atoms in total. The maximum atomic E-state index is 5.84. The van der Waals surface area contributed by atoms with Crippen molar-refractivity contribution < 1.29 is 0 Å². The largest absolute Gasteiger partial charge is 0.308 e. The van der Waals surface area contributed by atoms with Gasteiger partial charge in [-0.15, -0.1) is 0 Å². The lowest BCUT2D eigenvalue weighted by Crippen LogP contribution is -2.14. The van der Waals surface area contributed by atoms with Crippen molar-refractivity contribution in [3.8, 4) is 96.5 Å². The Hall–Kier alpha value is -11.9. The molecule has 0 aliphatic carbocycles. The van der Waals surface area contributed by atoms with E-state index in [2.05, 4.69) is 240 Å². The van der Waals surface area contributed by atoms with E-state index in [9.17, 15) is 0 Å². The van der Waals surface area contributed by atoms with E-state index >= 15 is 0 Å². The summed E-state index contributed by atoms with van der Waals surface area (Å²) in [4.78, 5) is 33.8. The molecule has 0 saturated heterocycles. The van der Waals surface area contributed by atoms with Gasteiger partial charge in [-0.2, -0.15) is 0 Å². The highest BCUT2D eigenvalue weighted by atomic mass is 15.1. The summed E-state index contributed by atoms with van der Waals surface area (Å²) in [5.41, 5.74) is 17.9. The maximum absolute atomic E-state index is 5.84. The summed E-state index contributed by atoms with van der Waals surface area (Å²) in [7, 11) is 0. The zero-order valence-corrected chi connectivity index (χ0v) is 48.7. The van der Waals surface area contributed by atoms with Gasteiger partial charge in [-0.25, -0.2) is 29.9 Å². The van der Waals surface area contributed by atoms with Gasteiger partial charge in [-0.1, -0.05) is 236 Å². The van der Waals surface area contributed by atoms with Crippen molar-refractivity contribution >= 4 is 65.4 Å². The van der Waals surface area contributed by atoms with E-state index in [0.717, 1.165) is 138 Å². The standard InChI is InChI=1S/C80H53N9/c1-50-40-43-68-61(46-50)58-34-18-21-37-65(58)87(68)71-49-64(79-83-75(53-26-10-4-11-27-53)81-76(84-79)54-28-12-5-13-29-54)73(88-66-38-22-19-35-59(66)62-47-51(2)41-44-69(62)88)72(80-85-77(55-30-14-6-15-31-55)82-78(86-80)56-32-16-7-17-33-56)74(71)89-67-39-23-20-36-60(67)63-48-57(42-45-70(63)89)52-24-8-3-9-25-52/h3-49H,1-2H3. The Labute approximate surface area is 512 Å². The summed E-state index contributed by atoms with van der Waals surface area (Å²) in [6.45, 7) is 4.33. The minimum absolute atomic E-state index is 0.452. The number of rotatable bonds is 10. The topological polar surface area (TPSA) is 92.1 Å². The number of hydrogen-bond donors (Lipinski definition) is 0. The van der Waals surface area contributed by atoms with Crippen LogP contribution < -0.4 is 0 Å². The third-order valence-corrected chi connectivity index (χ3v) is 17.2. The number of para-hydroxylation sites is 3. The van der Waals surface area contributed by atoms with Gasteiger partial charge in [0, 0.05) is 60.1 Å². The van der Waals surface area contributed by atoms with Crippen molar-refractivity contribution in [2.45, 2.75) is 13.8 Å². The fraction of sp³-hybridized carbons (Fsp3) is 0.0250. The van der Waals surface area contributed by atoms with Crippen molar-refractivity contribution in [2.75, 3.05) is 0 Å². The molecule has 0 bridgehead atoms. The number of nitrogens with zero attached hydrogens (tertiary/aromatic N) is 9. The molecular formula is C80H53N9. The molecule has 5 heterocycles. The quantitative estimate of drug-likeness (QED) is 0.135. The first-order valence-electron chi connectivity index (χ1n) is 30.0. The molecule has 0 radical (unpaired) electrons. The molecule has 0 spiro atoms. The van der Waals surface area contributed by atoms with Crippen LogP contribution in [0.25, 0.3) is 162 Å². The first kappa shape index (κ1) is 51.5. The molecule has 5 aromatic heterocycles. The molecule has 17 rings (SSSR count). The van der Waals surface area contributed by atoms with Crippen molar-refractivity contribution in [1.29, 1.82) is 0 Å². The number of aromatic nitrogens is 9. The molecule has 9 heteroatoms. The monoisotopic (exact) mass is 1140 g/mol. The van der Waals surface area contributed by atoms with E-state index in [1.807, 2.05) is 72.8 Å². The van der Waals surface area contributed by atoms with Gasteiger partial charge in [0.05, 0.1) is 55.7 Å². The van der Waals surface area contributed by atoms with Gasteiger partial charge in [0.1, 0.15) is 0 Å². The summed E-state index contributed by atoms with van der Waals surface area (Å²) in [5.74, 6) is 3.03. The van der Waals surface area contributed by atoms with Gasteiger partial charge in [0.2, 0.25) is 0 Å². The highest BCUT2D eigenvalue weighted by Gasteiger charge is 2.33. The van der Waals surface area contributed by atoms with Gasteiger partial charge in [0.25, 0.3) is 0 Å². The van der Waals surface area contributed by atoms with Gasteiger partial charge < -0.3 is 13.7 Å². The number of benzene rings is 12. The SMILES string of the molecule is Cc1ccc2c(c1)c1ccccc1n2-c1cc(-c2nc(-c3ccccc3)nc(-c3ccccc3)n2)c(-n2c3ccccc3c3cc(C)ccc32)c(-c2nc(-c3ccccc3)nc(-c3ccccc3)n2)c1-n1c2ccccc2c2cc(-c3ccccc3)ccc21. The molecule has 17 aromatic rings.